The summed E-state index contributed by atoms with van der Waals surface area (Å²) in [6, 6.07) is 15.7. The summed E-state index contributed by atoms with van der Waals surface area (Å²) in [5, 5.41) is 8.97. The number of rotatable bonds is 3. The second-order valence-corrected chi connectivity index (χ2v) is 6.05. The monoisotopic (exact) mass is 351 g/mol. The summed E-state index contributed by atoms with van der Waals surface area (Å²) in [5.74, 6) is 0. The van der Waals surface area contributed by atoms with Gasteiger partial charge in [0.2, 0.25) is 0 Å². The van der Waals surface area contributed by atoms with Crippen LogP contribution in [0.15, 0.2) is 65.6 Å². The molecule has 0 aliphatic carbocycles. The number of alkyl halides is 3. The minimum Gasteiger partial charge on any atom is -0.248 e. The Labute approximate surface area is 138 Å². The summed E-state index contributed by atoms with van der Waals surface area (Å²) < 4.78 is 51.6. The van der Waals surface area contributed by atoms with Gasteiger partial charge in [-0.15, -0.1) is 0 Å². The van der Waals surface area contributed by atoms with Crippen molar-refractivity contribution in [3.8, 4) is 16.9 Å². The molecule has 0 fully saturated rings. The Bertz CT molecular complexity index is 874. The van der Waals surface area contributed by atoms with Gasteiger partial charge < -0.3 is 0 Å². The lowest BCUT2D eigenvalue weighted by Crippen LogP contribution is -2.07. The van der Waals surface area contributed by atoms with E-state index in [-0.39, 0.29) is 0 Å². The van der Waals surface area contributed by atoms with Crippen molar-refractivity contribution in [3.63, 3.8) is 0 Å². The Kier molecular flexibility index (Phi) is 4.25. The third-order valence-electron chi connectivity index (χ3n) is 3.38. The van der Waals surface area contributed by atoms with Crippen LogP contribution in [0.5, 0.6) is 0 Å². The molecule has 1 heterocycles. The highest BCUT2D eigenvalue weighted by Crippen LogP contribution is 2.33. The summed E-state index contributed by atoms with van der Waals surface area (Å²) in [7, 11) is -1.65. The number of halogens is 3. The highest BCUT2D eigenvalue weighted by atomic mass is 32.2. The van der Waals surface area contributed by atoms with Crippen molar-refractivity contribution in [2.75, 3.05) is 0 Å². The fourth-order valence-electron chi connectivity index (χ4n) is 2.25. The molecular weight excluding hydrogens is 339 g/mol. The normalized spacial score (nSPS) is 13.0. The van der Waals surface area contributed by atoms with Gasteiger partial charge in [-0.25, -0.2) is 14.0 Å². The van der Waals surface area contributed by atoms with Gasteiger partial charge >= 0.3 is 6.18 Å². The van der Waals surface area contributed by atoms with Gasteiger partial charge in [0.05, 0.1) is 16.3 Å². The molecule has 0 saturated carbocycles. The van der Waals surface area contributed by atoms with Crippen LogP contribution in [0.4, 0.5) is 13.2 Å². The van der Waals surface area contributed by atoms with Gasteiger partial charge in [-0.2, -0.15) is 18.3 Å². The van der Waals surface area contributed by atoms with E-state index >= 15 is 0 Å². The Hall–Kier alpha value is -2.45. The lowest BCUT2D eigenvalue weighted by molar-refractivity contribution is -0.141. The van der Waals surface area contributed by atoms with E-state index in [1.54, 1.807) is 30.3 Å². The zero-order valence-electron chi connectivity index (χ0n) is 12.2. The Morgan fingerprint density at radius 2 is 1.62 bits per heavy atom. The van der Waals surface area contributed by atoms with Crippen LogP contribution in [0.25, 0.3) is 16.9 Å². The molecule has 2 aromatic carbocycles. The zero-order valence-corrected chi connectivity index (χ0v) is 13.0. The van der Waals surface area contributed by atoms with Crippen molar-refractivity contribution in [1.82, 2.24) is 9.78 Å². The Morgan fingerprint density at radius 1 is 1.00 bits per heavy atom. The van der Waals surface area contributed by atoms with Crippen LogP contribution in [0.1, 0.15) is 5.69 Å². The van der Waals surface area contributed by atoms with Gasteiger partial charge in [-0.3, -0.25) is 0 Å². The lowest BCUT2D eigenvalue weighted by atomic mass is 10.1. The maximum absolute atomic E-state index is 13.1. The number of benzene rings is 2. The van der Waals surface area contributed by atoms with Crippen molar-refractivity contribution in [2.45, 2.75) is 11.1 Å². The van der Waals surface area contributed by atoms with Gasteiger partial charge in [-0.05, 0) is 30.3 Å². The average molecular weight is 351 g/mol. The Morgan fingerprint density at radius 3 is 2.17 bits per heavy atom. The van der Waals surface area contributed by atoms with Crippen LogP contribution in [-0.4, -0.2) is 14.0 Å². The topological polar surface area (TPSA) is 60.9 Å². The number of nitrogens with two attached hydrogens (primary N) is 1. The average Bonchev–Trinajstić information content (AvgIpc) is 3.01. The SMILES string of the molecule is NS(=O)c1ccc(-n2nc(C(F)(F)F)cc2-c2ccccc2)cc1. The maximum Gasteiger partial charge on any atom is 0.435 e. The van der Waals surface area contributed by atoms with E-state index in [4.69, 9.17) is 5.14 Å². The molecule has 0 bridgehead atoms. The van der Waals surface area contributed by atoms with E-state index in [1.165, 1.54) is 28.9 Å². The van der Waals surface area contributed by atoms with E-state index in [2.05, 4.69) is 5.10 Å². The van der Waals surface area contributed by atoms with Crippen LogP contribution in [0.3, 0.4) is 0 Å². The quantitative estimate of drug-likeness (QED) is 0.785. The second kappa shape index (κ2) is 6.21. The van der Waals surface area contributed by atoms with Crippen molar-refractivity contribution in [1.29, 1.82) is 0 Å². The molecule has 124 valence electrons. The number of nitrogens with zero attached hydrogens (tertiary/aromatic N) is 2. The lowest BCUT2D eigenvalue weighted by Gasteiger charge is -2.08. The first-order valence-corrected chi connectivity index (χ1v) is 8.07. The van der Waals surface area contributed by atoms with E-state index < -0.39 is 22.9 Å². The Balaban J connectivity index is 2.15. The van der Waals surface area contributed by atoms with Gasteiger partial charge in [0.15, 0.2) is 5.69 Å². The summed E-state index contributed by atoms with van der Waals surface area (Å²) in [6.45, 7) is 0. The number of aromatic nitrogens is 2. The smallest absolute Gasteiger partial charge is 0.248 e. The van der Waals surface area contributed by atoms with Gasteiger partial charge in [0, 0.05) is 5.56 Å². The molecule has 8 heteroatoms. The van der Waals surface area contributed by atoms with Crippen molar-refractivity contribution < 1.29 is 17.4 Å². The van der Waals surface area contributed by atoms with Crippen molar-refractivity contribution in [2.24, 2.45) is 5.14 Å². The zero-order chi connectivity index (χ0) is 17.3. The summed E-state index contributed by atoms with van der Waals surface area (Å²) in [6.07, 6.45) is -4.55. The molecule has 0 amide bonds. The van der Waals surface area contributed by atoms with Gasteiger partial charge in [0.25, 0.3) is 0 Å². The van der Waals surface area contributed by atoms with E-state index in [0.29, 0.717) is 21.8 Å². The van der Waals surface area contributed by atoms with Crippen molar-refractivity contribution >= 4 is 11.0 Å². The molecule has 1 atom stereocenters. The van der Waals surface area contributed by atoms with E-state index in [9.17, 15) is 17.4 Å². The van der Waals surface area contributed by atoms with Gasteiger partial charge in [0.1, 0.15) is 11.0 Å². The molecule has 0 aliphatic heterocycles. The number of hydrogen-bond donors (Lipinski definition) is 1. The fraction of sp³-hybridized carbons (Fsp3) is 0.0625. The first kappa shape index (κ1) is 16.4. The molecule has 0 aliphatic rings. The largest absolute Gasteiger partial charge is 0.435 e. The molecule has 1 unspecified atom stereocenters. The highest BCUT2D eigenvalue weighted by molar-refractivity contribution is 7.82. The predicted molar refractivity (Wildman–Crippen MR) is 84.6 cm³/mol. The van der Waals surface area contributed by atoms with Crippen LogP contribution in [0, 0.1) is 0 Å². The molecule has 3 aromatic rings. The van der Waals surface area contributed by atoms with Crippen LogP contribution in [0.2, 0.25) is 0 Å². The molecule has 0 radical (unpaired) electrons. The van der Waals surface area contributed by atoms with E-state index in [1.807, 2.05) is 0 Å². The standard InChI is InChI=1S/C16H12F3N3OS/c17-16(18,19)15-10-14(11-4-2-1-3-5-11)22(21-15)12-6-8-13(9-7-12)24(20)23/h1-10H,20H2. The van der Waals surface area contributed by atoms with Crippen LogP contribution in [-0.2, 0) is 17.2 Å². The summed E-state index contributed by atoms with van der Waals surface area (Å²) in [5.41, 5.74) is 0.350. The molecule has 4 nitrogen and oxygen atoms in total. The van der Waals surface area contributed by atoms with E-state index in [0.717, 1.165) is 6.07 Å². The van der Waals surface area contributed by atoms with Crippen LogP contribution < -0.4 is 5.14 Å². The number of hydrogen-bond acceptors (Lipinski definition) is 2. The molecule has 0 saturated heterocycles. The minimum absolute atomic E-state index is 0.310. The summed E-state index contributed by atoms with van der Waals surface area (Å²) in [4.78, 5) is 0.378. The predicted octanol–water partition coefficient (Wildman–Crippen LogP) is 3.54. The molecule has 24 heavy (non-hydrogen) atoms. The second-order valence-electron chi connectivity index (χ2n) is 4.98. The third kappa shape index (κ3) is 3.24. The molecule has 0 spiro atoms. The fourth-order valence-corrected chi connectivity index (χ4v) is 2.66. The van der Waals surface area contributed by atoms with Gasteiger partial charge in [-0.1, -0.05) is 30.3 Å². The highest BCUT2D eigenvalue weighted by Gasteiger charge is 2.35. The van der Waals surface area contributed by atoms with Crippen LogP contribution >= 0.6 is 0 Å². The first-order chi connectivity index (χ1) is 11.4. The summed E-state index contributed by atoms with van der Waals surface area (Å²) >= 11 is 0. The molecular formula is C16H12F3N3OS. The molecule has 3 rings (SSSR count). The minimum atomic E-state index is -4.55. The third-order valence-corrected chi connectivity index (χ3v) is 4.12. The first-order valence-electron chi connectivity index (χ1n) is 6.85. The maximum atomic E-state index is 13.1. The molecule has 2 N–H and O–H groups in total. The van der Waals surface area contributed by atoms with Crippen molar-refractivity contribution in [3.05, 3.63) is 66.4 Å². The molecule has 1 aromatic heterocycles.